The third kappa shape index (κ3) is 3.42. The van der Waals surface area contributed by atoms with Gasteiger partial charge in [0.05, 0.1) is 24.1 Å². The Morgan fingerprint density at radius 2 is 2.04 bits per heavy atom. The maximum atomic E-state index is 13.0. The van der Waals surface area contributed by atoms with Gasteiger partial charge in [0.2, 0.25) is 0 Å². The highest BCUT2D eigenvalue weighted by molar-refractivity contribution is 7.18. The molecule has 0 unspecified atom stereocenters. The molecule has 0 saturated carbocycles. The number of nitrogens with zero attached hydrogens (tertiary/aromatic N) is 2. The number of hydrogen-bond donors (Lipinski definition) is 0. The molecule has 1 aromatic carbocycles. The Morgan fingerprint density at radius 1 is 1.27 bits per heavy atom. The molecule has 26 heavy (non-hydrogen) atoms. The van der Waals surface area contributed by atoms with Gasteiger partial charge in [-0.1, -0.05) is 19.1 Å². The predicted molar refractivity (Wildman–Crippen MR) is 104 cm³/mol. The highest BCUT2D eigenvalue weighted by atomic mass is 32.1. The molecule has 0 spiro atoms. The lowest BCUT2D eigenvalue weighted by Crippen LogP contribution is -2.24. The SMILES string of the molecule is CCCOC(=O)c1cccc(Cn2c(C)nc3sc(C)c(C)c3c2=O)c1. The first kappa shape index (κ1) is 18.3. The standard InChI is InChI=1S/C20H22N2O3S/c1-5-9-25-20(24)16-8-6-7-15(10-16)11-22-14(4)21-18-17(19(22)23)12(2)13(3)26-18/h6-8,10H,5,9,11H2,1-4H3. The third-order valence-corrected chi connectivity index (χ3v) is 5.52. The fourth-order valence-electron chi connectivity index (χ4n) is 2.87. The van der Waals surface area contributed by atoms with Gasteiger partial charge < -0.3 is 4.74 Å². The number of aromatic nitrogens is 2. The van der Waals surface area contributed by atoms with Gasteiger partial charge in [0, 0.05) is 4.88 Å². The van der Waals surface area contributed by atoms with Gasteiger partial charge in [0.1, 0.15) is 10.7 Å². The molecule has 0 fully saturated rings. The first-order valence-corrected chi connectivity index (χ1v) is 9.47. The van der Waals surface area contributed by atoms with E-state index in [0.717, 1.165) is 27.3 Å². The summed E-state index contributed by atoms with van der Waals surface area (Å²) in [7, 11) is 0. The van der Waals surface area contributed by atoms with Gasteiger partial charge in [-0.2, -0.15) is 0 Å². The minimum absolute atomic E-state index is 0.0340. The maximum Gasteiger partial charge on any atom is 0.338 e. The van der Waals surface area contributed by atoms with Crippen LogP contribution < -0.4 is 5.56 Å². The van der Waals surface area contributed by atoms with E-state index in [1.807, 2.05) is 39.8 Å². The van der Waals surface area contributed by atoms with Gasteiger partial charge in [-0.25, -0.2) is 9.78 Å². The molecule has 3 rings (SSSR count). The second kappa shape index (κ2) is 7.41. The number of esters is 1. The van der Waals surface area contributed by atoms with Gasteiger partial charge >= 0.3 is 5.97 Å². The summed E-state index contributed by atoms with van der Waals surface area (Å²) in [5.74, 6) is 0.332. The van der Waals surface area contributed by atoms with Gasteiger partial charge in [-0.05, 0) is 50.5 Å². The summed E-state index contributed by atoms with van der Waals surface area (Å²) >= 11 is 1.55. The molecule has 0 N–H and O–H groups in total. The monoisotopic (exact) mass is 370 g/mol. The average Bonchev–Trinajstić information content (AvgIpc) is 2.90. The predicted octanol–water partition coefficient (Wildman–Crippen LogP) is 4.00. The zero-order chi connectivity index (χ0) is 18.8. The second-order valence-corrected chi connectivity index (χ2v) is 7.55. The van der Waals surface area contributed by atoms with E-state index in [1.54, 1.807) is 28.0 Å². The molecule has 0 radical (unpaired) electrons. The first-order valence-electron chi connectivity index (χ1n) is 8.65. The van der Waals surface area contributed by atoms with Gasteiger partial charge in [-0.3, -0.25) is 9.36 Å². The van der Waals surface area contributed by atoms with Crippen molar-refractivity contribution in [3.63, 3.8) is 0 Å². The summed E-state index contributed by atoms with van der Waals surface area (Å²) < 4.78 is 6.85. The number of benzene rings is 1. The van der Waals surface area contributed by atoms with Gasteiger partial charge in [0.15, 0.2) is 0 Å². The number of aryl methyl sites for hydroxylation is 3. The van der Waals surface area contributed by atoms with Crippen LogP contribution in [0.4, 0.5) is 0 Å². The Morgan fingerprint density at radius 3 is 2.77 bits per heavy atom. The molecule has 0 aliphatic rings. The Balaban J connectivity index is 1.98. The van der Waals surface area contributed by atoms with E-state index >= 15 is 0 Å². The van der Waals surface area contributed by atoms with Crippen LogP contribution in [0, 0.1) is 20.8 Å². The van der Waals surface area contributed by atoms with Crippen molar-refractivity contribution in [1.29, 1.82) is 0 Å². The lowest BCUT2D eigenvalue weighted by Gasteiger charge is -2.11. The van der Waals surface area contributed by atoms with Crippen molar-refractivity contribution < 1.29 is 9.53 Å². The Bertz CT molecular complexity index is 1030. The van der Waals surface area contributed by atoms with Crippen molar-refractivity contribution in [1.82, 2.24) is 9.55 Å². The van der Waals surface area contributed by atoms with Crippen molar-refractivity contribution in [2.24, 2.45) is 0 Å². The van der Waals surface area contributed by atoms with Crippen molar-refractivity contribution in [2.45, 2.75) is 40.7 Å². The second-order valence-electron chi connectivity index (χ2n) is 6.35. The van der Waals surface area contributed by atoms with E-state index in [9.17, 15) is 9.59 Å². The molecular formula is C20H22N2O3S. The zero-order valence-corrected chi connectivity index (χ0v) is 16.3. The van der Waals surface area contributed by atoms with Crippen LogP contribution in [-0.2, 0) is 11.3 Å². The zero-order valence-electron chi connectivity index (χ0n) is 15.5. The van der Waals surface area contributed by atoms with Crippen LogP contribution in [0.3, 0.4) is 0 Å². The van der Waals surface area contributed by atoms with E-state index in [1.165, 1.54) is 0 Å². The van der Waals surface area contributed by atoms with E-state index in [-0.39, 0.29) is 11.5 Å². The smallest absolute Gasteiger partial charge is 0.338 e. The summed E-state index contributed by atoms with van der Waals surface area (Å²) in [4.78, 5) is 31.6. The third-order valence-electron chi connectivity index (χ3n) is 4.42. The Hall–Kier alpha value is -2.47. The molecule has 0 aliphatic heterocycles. The van der Waals surface area contributed by atoms with Crippen LogP contribution in [0.2, 0.25) is 0 Å². The summed E-state index contributed by atoms with van der Waals surface area (Å²) in [6, 6.07) is 7.22. The number of fused-ring (bicyclic) bond motifs is 1. The van der Waals surface area contributed by atoms with Crippen molar-refractivity contribution in [3.05, 3.63) is 62.0 Å². The molecular weight excluding hydrogens is 348 g/mol. The summed E-state index contributed by atoms with van der Waals surface area (Å²) in [6.07, 6.45) is 0.783. The molecule has 6 heteroatoms. The number of hydrogen-bond acceptors (Lipinski definition) is 5. The number of rotatable bonds is 5. The quantitative estimate of drug-likeness (QED) is 0.637. The van der Waals surface area contributed by atoms with Crippen LogP contribution >= 0.6 is 11.3 Å². The highest BCUT2D eigenvalue weighted by Crippen LogP contribution is 2.26. The van der Waals surface area contributed by atoms with Crippen LogP contribution in [0.15, 0.2) is 29.1 Å². The topological polar surface area (TPSA) is 61.2 Å². The Labute approximate surface area is 156 Å². The van der Waals surface area contributed by atoms with E-state index in [4.69, 9.17) is 4.74 Å². The van der Waals surface area contributed by atoms with E-state index in [0.29, 0.717) is 29.9 Å². The molecule has 0 atom stereocenters. The fraction of sp³-hybridized carbons (Fsp3) is 0.350. The van der Waals surface area contributed by atoms with E-state index < -0.39 is 0 Å². The molecule has 0 aliphatic carbocycles. The molecule has 5 nitrogen and oxygen atoms in total. The molecule has 3 aromatic rings. The Kier molecular flexibility index (Phi) is 5.23. The van der Waals surface area contributed by atoms with Crippen LogP contribution in [0.25, 0.3) is 10.2 Å². The number of carbonyl (C=O) groups excluding carboxylic acids is 1. The highest BCUT2D eigenvalue weighted by Gasteiger charge is 2.15. The number of ether oxygens (including phenoxy) is 1. The van der Waals surface area contributed by atoms with Gasteiger partial charge in [0.25, 0.3) is 5.56 Å². The van der Waals surface area contributed by atoms with Crippen molar-refractivity contribution in [3.8, 4) is 0 Å². The summed E-state index contributed by atoms with van der Waals surface area (Å²) in [6.45, 7) is 8.53. The van der Waals surface area contributed by atoms with Gasteiger partial charge in [-0.15, -0.1) is 11.3 Å². The number of carbonyl (C=O) groups is 1. The normalized spacial score (nSPS) is 11.1. The molecule has 136 valence electrons. The largest absolute Gasteiger partial charge is 0.462 e. The minimum atomic E-state index is -0.337. The minimum Gasteiger partial charge on any atom is -0.462 e. The molecule has 2 aromatic heterocycles. The number of thiophene rings is 1. The van der Waals surface area contributed by atoms with Crippen LogP contribution in [0.5, 0.6) is 0 Å². The molecule has 0 bridgehead atoms. The maximum absolute atomic E-state index is 13.0. The fourth-order valence-corrected chi connectivity index (χ4v) is 3.94. The molecule has 0 amide bonds. The van der Waals surface area contributed by atoms with Crippen LogP contribution in [-0.4, -0.2) is 22.1 Å². The van der Waals surface area contributed by atoms with Crippen molar-refractivity contribution >= 4 is 27.5 Å². The van der Waals surface area contributed by atoms with Crippen molar-refractivity contribution in [2.75, 3.05) is 6.61 Å². The van der Waals surface area contributed by atoms with Crippen LogP contribution in [0.1, 0.15) is 45.5 Å². The first-order chi connectivity index (χ1) is 12.4. The molecule has 2 heterocycles. The summed E-state index contributed by atoms with van der Waals surface area (Å²) in [5, 5.41) is 0.691. The average molecular weight is 370 g/mol. The van der Waals surface area contributed by atoms with E-state index in [2.05, 4.69) is 4.98 Å². The lowest BCUT2D eigenvalue weighted by molar-refractivity contribution is 0.0505. The molecule has 0 saturated heterocycles. The summed E-state index contributed by atoms with van der Waals surface area (Å²) in [5.41, 5.74) is 2.33. The lowest BCUT2D eigenvalue weighted by atomic mass is 10.1.